The van der Waals surface area contributed by atoms with Gasteiger partial charge in [-0.15, -0.1) is 0 Å². The first-order valence-corrected chi connectivity index (χ1v) is 9.80. The number of rotatable bonds is 11. The predicted octanol–water partition coefficient (Wildman–Crippen LogP) is 6.60. The third-order valence-electron chi connectivity index (χ3n) is 3.81. The van der Waals surface area contributed by atoms with E-state index in [0.717, 1.165) is 17.9 Å². The molecule has 130 valence electrons. The highest BCUT2D eigenvalue weighted by Crippen LogP contribution is 2.42. The van der Waals surface area contributed by atoms with E-state index in [0.29, 0.717) is 12.5 Å². The van der Waals surface area contributed by atoms with Gasteiger partial charge in [-0.3, -0.25) is 4.52 Å². The zero-order valence-electron chi connectivity index (χ0n) is 14.6. The molecule has 2 rings (SSSR count). The number of benzene rings is 2. The van der Waals surface area contributed by atoms with E-state index in [9.17, 15) is 0 Å². The molecule has 2 aromatic carbocycles. The van der Waals surface area contributed by atoms with Gasteiger partial charge in [0.15, 0.2) is 0 Å². The molecule has 0 aliphatic rings. The lowest BCUT2D eigenvalue weighted by Crippen LogP contribution is -2.10. The Kier molecular flexibility index (Phi) is 8.65. The smallest absolute Gasteiger partial charge is 0.418 e. The Labute approximate surface area is 147 Å². The van der Waals surface area contributed by atoms with Crippen LogP contribution < -0.4 is 9.05 Å². The van der Waals surface area contributed by atoms with Gasteiger partial charge in [0.05, 0.1) is 6.61 Å². The van der Waals surface area contributed by atoms with Crippen molar-refractivity contribution in [3.05, 3.63) is 60.7 Å². The van der Waals surface area contributed by atoms with Gasteiger partial charge in [-0.25, -0.2) is 0 Å². The van der Waals surface area contributed by atoms with Crippen molar-refractivity contribution in [3.8, 4) is 11.5 Å². The van der Waals surface area contributed by atoms with Crippen LogP contribution >= 0.6 is 8.60 Å². The summed E-state index contributed by atoms with van der Waals surface area (Å²) in [6.07, 6.45) is 4.75. The van der Waals surface area contributed by atoms with Crippen LogP contribution in [0.15, 0.2) is 60.7 Å². The minimum Gasteiger partial charge on any atom is -0.418 e. The van der Waals surface area contributed by atoms with Gasteiger partial charge in [-0.2, -0.15) is 0 Å². The molecule has 0 spiro atoms. The average Bonchev–Trinajstić information content (AvgIpc) is 2.63. The molecule has 2 aromatic rings. The molecular weight excluding hydrogens is 319 g/mol. The summed E-state index contributed by atoms with van der Waals surface area (Å²) in [6.45, 7) is 5.10. The maximum atomic E-state index is 6.02. The zero-order chi connectivity index (χ0) is 17.0. The molecule has 0 radical (unpaired) electrons. The first-order valence-electron chi connectivity index (χ1n) is 8.70. The van der Waals surface area contributed by atoms with Gasteiger partial charge >= 0.3 is 8.60 Å². The molecular formula is C20H27O3P. The van der Waals surface area contributed by atoms with Crippen LogP contribution in [0.2, 0.25) is 0 Å². The van der Waals surface area contributed by atoms with E-state index in [1.54, 1.807) is 0 Å². The van der Waals surface area contributed by atoms with E-state index in [1.807, 2.05) is 60.7 Å². The lowest BCUT2D eigenvalue weighted by atomic mass is 10.0. The highest BCUT2D eigenvalue weighted by atomic mass is 31.2. The second kappa shape index (κ2) is 11.1. The molecule has 4 heteroatoms. The highest BCUT2D eigenvalue weighted by Gasteiger charge is 2.19. The first-order chi connectivity index (χ1) is 11.8. The van der Waals surface area contributed by atoms with Crippen LogP contribution in [0.5, 0.6) is 11.5 Å². The third kappa shape index (κ3) is 6.90. The van der Waals surface area contributed by atoms with Crippen molar-refractivity contribution in [2.45, 2.75) is 39.5 Å². The topological polar surface area (TPSA) is 27.7 Å². The van der Waals surface area contributed by atoms with Gasteiger partial charge in [0.1, 0.15) is 11.5 Å². The Bertz CT molecular complexity index is 506. The molecule has 0 saturated carbocycles. The number of hydrogen-bond donors (Lipinski definition) is 0. The summed E-state index contributed by atoms with van der Waals surface area (Å²) >= 11 is 0. The SMILES string of the molecule is CCCC[C@H](CC)COP(Oc1ccccc1)Oc1ccccc1. The normalized spacial score (nSPS) is 12.1. The molecule has 1 atom stereocenters. The summed E-state index contributed by atoms with van der Waals surface area (Å²) < 4.78 is 17.9. The van der Waals surface area contributed by atoms with Crippen molar-refractivity contribution in [2.75, 3.05) is 6.61 Å². The maximum Gasteiger partial charge on any atom is 0.463 e. The lowest BCUT2D eigenvalue weighted by Gasteiger charge is -2.20. The van der Waals surface area contributed by atoms with E-state index < -0.39 is 8.60 Å². The van der Waals surface area contributed by atoms with Crippen LogP contribution in [0.25, 0.3) is 0 Å². The summed E-state index contributed by atoms with van der Waals surface area (Å²) in [6, 6.07) is 19.4. The Morgan fingerprint density at radius 3 is 1.83 bits per heavy atom. The Balaban J connectivity index is 1.96. The Morgan fingerprint density at radius 1 is 0.833 bits per heavy atom. The molecule has 0 aliphatic carbocycles. The van der Waals surface area contributed by atoms with Crippen molar-refractivity contribution in [1.82, 2.24) is 0 Å². The standard InChI is InChI=1S/C20H27O3P/c1-3-5-12-18(4-2)17-21-24(22-19-13-8-6-9-14-19)23-20-15-10-7-11-16-20/h6-11,13-16,18H,3-5,12,17H2,1-2H3/t18-/m0/s1. The fraction of sp³-hybridized carbons (Fsp3) is 0.400. The Hall–Kier alpha value is -1.57. The molecule has 0 bridgehead atoms. The van der Waals surface area contributed by atoms with E-state index >= 15 is 0 Å². The molecule has 24 heavy (non-hydrogen) atoms. The molecule has 0 unspecified atom stereocenters. The minimum absolute atomic E-state index is 0.550. The van der Waals surface area contributed by atoms with Gasteiger partial charge < -0.3 is 9.05 Å². The van der Waals surface area contributed by atoms with Gasteiger partial charge in [0.25, 0.3) is 0 Å². The van der Waals surface area contributed by atoms with Crippen molar-refractivity contribution >= 4 is 8.60 Å². The van der Waals surface area contributed by atoms with Crippen LogP contribution in [0.4, 0.5) is 0 Å². The van der Waals surface area contributed by atoms with Crippen molar-refractivity contribution in [2.24, 2.45) is 5.92 Å². The fourth-order valence-electron chi connectivity index (χ4n) is 2.27. The molecule has 0 fully saturated rings. The molecule has 0 amide bonds. The highest BCUT2D eigenvalue weighted by molar-refractivity contribution is 7.42. The van der Waals surface area contributed by atoms with Crippen LogP contribution in [0.1, 0.15) is 39.5 Å². The Morgan fingerprint density at radius 2 is 1.38 bits per heavy atom. The summed E-state index contributed by atoms with van der Waals surface area (Å²) in [5.74, 6) is 2.08. The molecule has 0 heterocycles. The predicted molar refractivity (Wildman–Crippen MR) is 100 cm³/mol. The average molecular weight is 346 g/mol. The first kappa shape index (κ1) is 18.8. The minimum atomic E-state index is -1.47. The number of unbranched alkanes of at least 4 members (excludes halogenated alkanes) is 1. The van der Waals surface area contributed by atoms with Crippen molar-refractivity contribution in [3.63, 3.8) is 0 Å². The fourth-order valence-corrected chi connectivity index (χ4v) is 3.33. The van der Waals surface area contributed by atoms with Crippen LogP contribution in [0.3, 0.4) is 0 Å². The van der Waals surface area contributed by atoms with Gasteiger partial charge in [0, 0.05) is 0 Å². The van der Waals surface area contributed by atoms with Crippen LogP contribution in [0, 0.1) is 5.92 Å². The quantitative estimate of drug-likeness (QED) is 0.429. The molecule has 3 nitrogen and oxygen atoms in total. The van der Waals surface area contributed by atoms with E-state index in [4.69, 9.17) is 13.6 Å². The van der Waals surface area contributed by atoms with Crippen LogP contribution in [-0.2, 0) is 4.52 Å². The summed E-state index contributed by atoms with van der Waals surface area (Å²) in [4.78, 5) is 0. The van der Waals surface area contributed by atoms with Crippen molar-refractivity contribution < 1.29 is 13.6 Å². The van der Waals surface area contributed by atoms with Gasteiger partial charge in [-0.05, 0) is 36.6 Å². The van der Waals surface area contributed by atoms with Crippen molar-refractivity contribution in [1.29, 1.82) is 0 Å². The number of para-hydroxylation sites is 2. The summed E-state index contributed by atoms with van der Waals surface area (Å²) in [5, 5.41) is 0. The monoisotopic (exact) mass is 346 g/mol. The van der Waals surface area contributed by atoms with E-state index in [1.165, 1.54) is 19.3 Å². The summed E-state index contributed by atoms with van der Waals surface area (Å²) in [7, 11) is -1.47. The molecule has 0 N–H and O–H groups in total. The zero-order valence-corrected chi connectivity index (χ0v) is 15.5. The lowest BCUT2D eigenvalue weighted by molar-refractivity contribution is 0.208. The van der Waals surface area contributed by atoms with Crippen LogP contribution in [-0.4, -0.2) is 6.61 Å². The summed E-state index contributed by atoms with van der Waals surface area (Å²) in [5.41, 5.74) is 0. The van der Waals surface area contributed by atoms with E-state index in [2.05, 4.69) is 13.8 Å². The van der Waals surface area contributed by atoms with Gasteiger partial charge in [0.2, 0.25) is 0 Å². The third-order valence-corrected chi connectivity index (χ3v) is 4.88. The number of hydrogen-bond acceptors (Lipinski definition) is 3. The second-order valence-corrected chi connectivity index (χ2v) is 6.82. The second-order valence-electron chi connectivity index (χ2n) is 5.74. The molecule has 0 saturated heterocycles. The maximum absolute atomic E-state index is 6.02. The van der Waals surface area contributed by atoms with Gasteiger partial charge in [-0.1, -0.05) is 69.5 Å². The largest absolute Gasteiger partial charge is 0.463 e. The molecule has 0 aliphatic heterocycles. The molecule has 0 aromatic heterocycles. The van der Waals surface area contributed by atoms with E-state index in [-0.39, 0.29) is 0 Å².